The maximum atomic E-state index is 12.8. The summed E-state index contributed by atoms with van der Waals surface area (Å²) < 4.78 is 1.92. The molecule has 0 unspecified atom stereocenters. The smallest absolute Gasteiger partial charge is 0.262 e. The Balaban J connectivity index is 1.88. The van der Waals surface area contributed by atoms with Crippen molar-refractivity contribution in [3.05, 3.63) is 27.1 Å². The largest absolute Gasteiger partial charge is 0.296 e. The summed E-state index contributed by atoms with van der Waals surface area (Å²) in [6.45, 7) is 0. The first-order valence-corrected chi connectivity index (χ1v) is 8.17. The minimum absolute atomic E-state index is 0.219. The molecular weight excluding hydrogens is 256 g/mol. The summed E-state index contributed by atoms with van der Waals surface area (Å²) in [6.07, 6.45) is 11.3. The van der Waals surface area contributed by atoms with Crippen LogP contribution in [0.15, 0.2) is 11.1 Å². The van der Waals surface area contributed by atoms with E-state index in [1.54, 1.807) is 17.7 Å². The molecule has 19 heavy (non-hydrogen) atoms. The Bertz CT molecular complexity index is 679. The van der Waals surface area contributed by atoms with Gasteiger partial charge >= 0.3 is 0 Å². The molecule has 2 aliphatic rings. The first-order valence-electron chi connectivity index (χ1n) is 7.36. The van der Waals surface area contributed by atoms with Crippen LogP contribution in [-0.2, 0) is 12.8 Å². The minimum Gasteiger partial charge on any atom is -0.296 e. The van der Waals surface area contributed by atoms with Gasteiger partial charge in [0.15, 0.2) is 0 Å². The van der Waals surface area contributed by atoms with E-state index in [0.29, 0.717) is 6.04 Å². The lowest BCUT2D eigenvalue weighted by molar-refractivity contribution is 0.345. The second-order valence-electron chi connectivity index (χ2n) is 5.79. The van der Waals surface area contributed by atoms with E-state index in [9.17, 15) is 4.79 Å². The third kappa shape index (κ3) is 1.76. The summed E-state index contributed by atoms with van der Waals surface area (Å²) in [5.41, 5.74) is 1.53. The number of aromatic nitrogens is 2. The van der Waals surface area contributed by atoms with Gasteiger partial charge in [-0.15, -0.1) is 11.3 Å². The van der Waals surface area contributed by atoms with Crippen LogP contribution in [-0.4, -0.2) is 9.55 Å². The van der Waals surface area contributed by atoms with Crippen molar-refractivity contribution in [1.29, 1.82) is 0 Å². The molecular formula is C15H18N2OS. The van der Waals surface area contributed by atoms with Gasteiger partial charge < -0.3 is 0 Å². The zero-order valence-electron chi connectivity index (χ0n) is 11.0. The van der Waals surface area contributed by atoms with Gasteiger partial charge in [-0.05, 0) is 37.7 Å². The molecule has 0 N–H and O–H groups in total. The van der Waals surface area contributed by atoms with Crippen molar-refractivity contribution in [3.8, 4) is 0 Å². The lowest BCUT2D eigenvalue weighted by atomic mass is 9.95. The summed E-state index contributed by atoms with van der Waals surface area (Å²) in [7, 11) is 0. The number of aryl methyl sites for hydroxylation is 2. The number of thiophene rings is 1. The monoisotopic (exact) mass is 274 g/mol. The first-order chi connectivity index (χ1) is 9.34. The van der Waals surface area contributed by atoms with Gasteiger partial charge in [0.05, 0.1) is 11.7 Å². The number of nitrogens with zero attached hydrogens (tertiary/aromatic N) is 2. The molecule has 3 nitrogen and oxygen atoms in total. The van der Waals surface area contributed by atoms with Crippen LogP contribution in [0.3, 0.4) is 0 Å². The molecule has 0 radical (unpaired) electrons. The summed E-state index contributed by atoms with van der Waals surface area (Å²) in [5, 5.41) is 0.936. The van der Waals surface area contributed by atoms with Crippen molar-refractivity contribution in [2.24, 2.45) is 0 Å². The molecule has 2 aromatic rings. The lowest BCUT2D eigenvalue weighted by Crippen LogP contribution is -2.26. The molecule has 1 saturated carbocycles. The number of rotatable bonds is 1. The predicted octanol–water partition coefficient (Wildman–Crippen LogP) is 3.45. The first kappa shape index (κ1) is 11.6. The van der Waals surface area contributed by atoms with Crippen molar-refractivity contribution >= 4 is 21.6 Å². The molecule has 0 saturated heterocycles. The summed E-state index contributed by atoms with van der Waals surface area (Å²) in [6, 6.07) is 0.384. The van der Waals surface area contributed by atoms with Crippen LogP contribution < -0.4 is 5.56 Å². The van der Waals surface area contributed by atoms with Gasteiger partial charge in [0.2, 0.25) is 0 Å². The van der Waals surface area contributed by atoms with Crippen molar-refractivity contribution < 1.29 is 0 Å². The number of fused-ring (bicyclic) bond motifs is 3. The van der Waals surface area contributed by atoms with Gasteiger partial charge in [0.1, 0.15) is 4.83 Å². The van der Waals surface area contributed by atoms with E-state index in [2.05, 4.69) is 4.98 Å². The highest BCUT2D eigenvalue weighted by Crippen LogP contribution is 2.35. The molecule has 0 atom stereocenters. The summed E-state index contributed by atoms with van der Waals surface area (Å²) >= 11 is 1.73. The molecule has 0 aliphatic heterocycles. The Kier molecular flexibility index (Phi) is 2.72. The van der Waals surface area contributed by atoms with Crippen molar-refractivity contribution in [2.45, 2.75) is 57.4 Å². The third-order valence-electron chi connectivity index (χ3n) is 4.62. The maximum Gasteiger partial charge on any atom is 0.262 e. The average Bonchev–Trinajstić information content (AvgIpc) is 3.00. The van der Waals surface area contributed by atoms with E-state index in [4.69, 9.17) is 0 Å². The Morgan fingerprint density at radius 2 is 2.00 bits per heavy atom. The van der Waals surface area contributed by atoms with Crippen molar-refractivity contribution in [3.63, 3.8) is 0 Å². The highest BCUT2D eigenvalue weighted by atomic mass is 32.1. The molecule has 0 amide bonds. The van der Waals surface area contributed by atoms with E-state index in [-0.39, 0.29) is 5.56 Å². The molecule has 0 spiro atoms. The van der Waals surface area contributed by atoms with Crippen LogP contribution in [0.5, 0.6) is 0 Å². The molecule has 0 bridgehead atoms. The van der Waals surface area contributed by atoms with E-state index >= 15 is 0 Å². The fraction of sp³-hybridized carbons (Fsp3) is 0.600. The SMILES string of the molecule is O=c1c2c3c(sc2ncn1C1CCCCC1)CCC3. The molecule has 4 rings (SSSR count). The second kappa shape index (κ2) is 4.44. The minimum atomic E-state index is 0.219. The maximum absolute atomic E-state index is 12.8. The fourth-order valence-electron chi connectivity index (χ4n) is 3.62. The van der Waals surface area contributed by atoms with E-state index < -0.39 is 0 Å². The van der Waals surface area contributed by atoms with E-state index in [0.717, 1.165) is 35.9 Å². The lowest BCUT2D eigenvalue weighted by Gasteiger charge is -2.23. The predicted molar refractivity (Wildman–Crippen MR) is 78.0 cm³/mol. The Morgan fingerprint density at radius 3 is 2.84 bits per heavy atom. The Hall–Kier alpha value is -1.16. The van der Waals surface area contributed by atoms with Gasteiger partial charge in [-0.3, -0.25) is 9.36 Å². The number of hydrogen-bond donors (Lipinski definition) is 0. The number of hydrogen-bond acceptors (Lipinski definition) is 3. The molecule has 2 aliphatic carbocycles. The second-order valence-corrected chi connectivity index (χ2v) is 6.87. The van der Waals surface area contributed by atoms with Gasteiger partial charge in [-0.1, -0.05) is 19.3 Å². The van der Waals surface area contributed by atoms with Crippen LogP contribution in [0, 0.1) is 0 Å². The van der Waals surface area contributed by atoms with Crippen LogP contribution in [0.25, 0.3) is 10.2 Å². The highest BCUT2D eigenvalue weighted by Gasteiger charge is 2.23. The van der Waals surface area contributed by atoms with Crippen LogP contribution in [0.4, 0.5) is 0 Å². The average molecular weight is 274 g/mol. The van der Waals surface area contributed by atoms with Gasteiger partial charge in [0.25, 0.3) is 5.56 Å². The Labute approximate surface area is 116 Å². The molecule has 2 heterocycles. The topological polar surface area (TPSA) is 34.9 Å². The van der Waals surface area contributed by atoms with Gasteiger partial charge in [-0.2, -0.15) is 0 Å². The quantitative estimate of drug-likeness (QED) is 0.798. The van der Waals surface area contributed by atoms with Gasteiger partial charge in [0, 0.05) is 10.9 Å². The van der Waals surface area contributed by atoms with Crippen molar-refractivity contribution in [1.82, 2.24) is 9.55 Å². The zero-order chi connectivity index (χ0) is 12.8. The van der Waals surface area contributed by atoms with E-state index in [1.807, 2.05) is 4.57 Å². The molecule has 0 aromatic carbocycles. The highest BCUT2D eigenvalue weighted by molar-refractivity contribution is 7.18. The normalized spacial score (nSPS) is 20.0. The molecule has 2 aromatic heterocycles. The fourth-order valence-corrected chi connectivity index (χ4v) is 4.84. The summed E-state index contributed by atoms with van der Waals surface area (Å²) in [5.74, 6) is 0. The third-order valence-corrected chi connectivity index (χ3v) is 5.82. The van der Waals surface area contributed by atoms with Gasteiger partial charge in [-0.25, -0.2) is 4.98 Å². The van der Waals surface area contributed by atoms with Crippen LogP contribution in [0.1, 0.15) is 55.0 Å². The standard InChI is InChI=1S/C15H18N2OS/c18-15-13-11-7-4-8-12(11)19-14(13)16-9-17(15)10-5-2-1-3-6-10/h9-10H,1-8H2. The zero-order valence-corrected chi connectivity index (χ0v) is 11.8. The van der Waals surface area contributed by atoms with Crippen LogP contribution >= 0.6 is 11.3 Å². The molecule has 100 valence electrons. The van der Waals surface area contributed by atoms with E-state index in [1.165, 1.54) is 36.1 Å². The van der Waals surface area contributed by atoms with Crippen molar-refractivity contribution in [2.75, 3.05) is 0 Å². The van der Waals surface area contributed by atoms with Crippen LogP contribution in [0.2, 0.25) is 0 Å². The molecule has 1 fully saturated rings. The molecule has 4 heteroatoms. The Morgan fingerprint density at radius 1 is 1.16 bits per heavy atom. The summed E-state index contributed by atoms with van der Waals surface area (Å²) in [4.78, 5) is 19.7.